The first kappa shape index (κ1) is 14.8. The molecule has 0 saturated carbocycles. The molecule has 0 aromatic heterocycles. The third kappa shape index (κ3) is 3.68. The summed E-state index contributed by atoms with van der Waals surface area (Å²) < 4.78 is 33.6. The summed E-state index contributed by atoms with van der Waals surface area (Å²) in [7, 11) is -3.56. The fraction of sp³-hybridized carbons (Fsp3) is 0.500. The van der Waals surface area contributed by atoms with Gasteiger partial charge in [-0.3, -0.25) is 0 Å². The van der Waals surface area contributed by atoms with E-state index in [-0.39, 0.29) is 10.9 Å². The highest BCUT2D eigenvalue weighted by Crippen LogP contribution is 2.27. The largest absolute Gasteiger partial charge is 0.492 e. The molecule has 0 bridgehead atoms. The highest BCUT2D eigenvalue weighted by Gasteiger charge is 2.25. The molecule has 0 amide bonds. The minimum atomic E-state index is -3.56. The first-order valence-corrected chi connectivity index (χ1v) is 8.46. The smallest absolute Gasteiger partial charge is 0.244 e. The van der Waals surface area contributed by atoms with Gasteiger partial charge in [-0.1, -0.05) is 15.9 Å². The standard InChI is InChI=1S/C12H17BrN2O3S/c1-2-18-11-4-3-9(13)7-12(11)19(16,17)15-10-5-6-14-8-10/h3-4,7,10,14-15H,2,5-6,8H2,1H3/t10-/m1/s1. The van der Waals surface area contributed by atoms with Crippen LogP contribution >= 0.6 is 15.9 Å². The first-order valence-electron chi connectivity index (χ1n) is 6.18. The number of hydrogen-bond acceptors (Lipinski definition) is 4. The first-order chi connectivity index (χ1) is 9.03. The van der Waals surface area contributed by atoms with Gasteiger partial charge in [0, 0.05) is 17.1 Å². The molecule has 0 aliphatic carbocycles. The molecule has 106 valence electrons. The van der Waals surface area contributed by atoms with Crippen LogP contribution in [0.1, 0.15) is 13.3 Å². The van der Waals surface area contributed by atoms with E-state index >= 15 is 0 Å². The summed E-state index contributed by atoms with van der Waals surface area (Å²) in [4.78, 5) is 0.177. The van der Waals surface area contributed by atoms with Crippen LogP contribution in [0.2, 0.25) is 0 Å². The SMILES string of the molecule is CCOc1ccc(Br)cc1S(=O)(=O)N[C@@H]1CCNC1. The van der Waals surface area contributed by atoms with Crippen molar-refractivity contribution in [3.8, 4) is 5.75 Å². The number of hydrogen-bond donors (Lipinski definition) is 2. The molecule has 2 N–H and O–H groups in total. The molecule has 0 spiro atoms. The van der Waals surface area contributed by atoms with Crippen molar-refractivity contribution in [1.29, 1.82) is 0 Å². The predicted molar refractivity (Wildman–Crippen MR) is 76.9 cm³/mol. The maximum Gasteiger partial charge on any atom is 0.244 e. The molecular formula is C12H17BrN2O3S. The van der Waals surface area contributed by atoms with Gasteiger partial charge in [0.2, 0.25) is 10.0 Å². The van der Waals surface area contributed by atoms with Crippen molar-refractivity contribution in [2.45, 2.75) is 24.3 Å². The summed E-state index contributed by atoms with van der Waals surface area (Å²) in [5.41, 5.74) is 0. The molecular weight excluding hydrogens is 332 g/mol. The molecule has 1 saturated heterocycles. The molecule has 1 aromatic rings. The summed E-state index contributed by atoms with van der Waals surface area (Å²) >= 11 is 3.29. The number of ether oxygens (including phenoxy) is 1. The van der Waals surface area contributed by atoms with Gasteiger partial charge in [0.15, 0.2) is 0 Å². The summed E-state index contributed by atoms with van der Waals surface area (Å²) in [6.45, 7) is 3.75. The molecule has 0 radical (unpaired) electrons. The highest BCUT2D eigenvalue weighted by atomic mass is 79.9. The van der Waals surface area contributed by atoms with Gasteiger partial charge < -0.3 is 10.1 Å². The lowest BCUT2D eigenvalue weighted by atomic mass is 10.3. The molecule has 7 heteroatoms. The third-order valence-corrected chi connectivity index (χ3v) is 4.91. The van der Waals surface area contributed by atoms with E-state index in [0.717, 1.165) is 13.0 Å². The lowest BCUT2D eigenvalue weighted by Gasteiger charge is -2.15. The molecule has 5 nitrogen and oxygen atoms in total. The second-order valence-corrected chi connectivity index (χ2v) is 6.93. The minimum Gasteiger partial charge on any atom is -0.492 e. The Morgan fingerprint density at radius 2 is 2.32 bits per heavy atom. The van der Waals surface area contributed by atoms with Crippen LogP contribution in [0.5, 0.6) is 5.75 Å². The molecule has 1 aromatic carbocycles. The van der Waals surface area contributed by atoms with Crippen LogP contribution in [0.25, 0.3) is 0 Å². The summed E-state index contributed by atoms with van der Waals surface area (Å²) in [6.07, 6.45) is 0.803. The molecule has 1 heterocycles. The zero-order chi connectivity index (χ0) is 13.9. The fourth-order valence-corrected chi connectivity index (χ4v) is 3.96. The van der Waals surface area contributed by atoms with Crippen molar-refractivity contribution in [2.75, 3.05) is 19.7 Å². The molecule has 1 fully saturated rings. The van der Waals surface area contributed by atoms with Gasteiger partial charge in [-0.25, -0.2) is 13.1 Å². The van der Waals surface area contributed by atoms with E-state index in [1.165, 1.54) is 0 Å². The number of benzene rings is 1. The molecule has 1 aliphatic rings. The normalized spacial score (nSPS) is 19.6. The van der Waals surface area contributed by atoms with Crippen LogP contribution in [0.4, 0.5) is 0 Å². The van der Waals surface area contributed by atoms with Crippen LogP contribution in [0.15, 0.2) is 27.6 Å². The lowest BCUT2D eigenvalue weighted by Crippen LogP contribution is -2.36. The van der Waals surface area contributed by atoms with E-state index in [1.54, 1.807) is 18.2 Å². The highest BCUT2D eigenvalue weighted by molar-refractivity contribution is 9.10. The van der Waals surface area contributed by atoms with Gasteiger partial charge in [-0.05, 0) is 38.1 Å². The fourth-order valence-electron chi connectivity index (χ4n) is 2.00. The second-order valence-electron chi connectivity index (χ2n) is 4.34. The van der Waals surface area contributed by atoms with Gasteiger partial charge in [0.1, 0.15) is 10.6 Å². The third-order valence-electron chi connectivity index (χ3n) is 2.88. The Morgan fingerprint density at radius 3 is 2.95 bits per heavy atom. The van der Waals surface area contributed by atoms with Crippen molar-refractivity contribution < 1.29 is 13.2 Å². The summed E-state index contributed by atoms with van der Waals surface area (Å²) in [5, 5.41) is 3.13. The Labute approximate surface area is 121 Å². The van der Waals surface area contributed by atoms with Gasteiger partial charge in [-0.15, -0.1) is 0 Å². The van der Waals surface area contributed by atoms with E-state index in [1.807, 2.05) is 6.92 Å². The van der Waals surface area contributed by atoms with E-state index in [0.29, 0.717) is 23.4 Å². The van der Waals surface area contributed by atoms with Gasteiger partial charge in [-0.2, -0.15) is 0 Å². The van der Waals surface area contributed by atoms with Gasteiger partial charge in [0.25, 0.3) is 0 Å². The van der Waals surface area contributed by atoms with E-state index in [4.69, 9.17) is 4.74 Å². The molecule has 1 aliphatic heterocycles. The van der Waals surface area contributed by atoms with E-state index in [9.17, 15) is 8.42 Å². The maximum absolute atomic E-state index is 12.4. The van der Waals surface area contributed by atoms with Crippen LogP contribution in [-0.2, 0) is 10.0 Å². The van der Waals surface area contributed by atoms with Crippen molar-refractivity contribution in [1.82, 2.24) is 10.0 Å². The minimum absolute atomic E-state index is 0.0570. The van der Waals surface area contributed by atoms with Crippen molar-refractivity contribution >= 4 is 26.0 Å². The average molecular weight is 349 g/mol. The number of sulfonamides is 1. The Kier molecular flexibility index (Phi) is 4.83. The molecule has 1 atom stereocenters. The van der Waals surface area contributed by atoms with Crippen LogP contribution < -0.4 is 14.8 Å². The molecule has 19 heavy (non-hydrogen) atoms. The van der Waals surface area contributed by atoms with Gasteiger partial charge >= 0.3 is 0 Å². The average Bonchev–Trinajstić information content (AvgIpc) is 2.83. The summed E-state index contributed by atoms with van der Waals surface area (Å²) in [6, 6.07) is 4.93. The Hall–Kier alpha value is -0.630. The summed E-state index contributed by atoms with van der Waals surface area (Å²) in [5.74, 6) is 0.379. The number of nitrogens with one attached hydrogen (secondary N) is 2. The molecule has 0 unspecified atom stereocenters. The number of rotatable bonds is 5. The van der Waals surface area contributed by atoms with Crippen LogP contribution in [0.3, 0.4) is 0 Å². The molecule has 2 rings (SSSR count). The van der Waals surface area contributed by atoms with Crippen molar-refractivity contribution in [3.05, 3.63) is 22.7 Å². The topological polar surface area (TPSA) is 67.4 Å². The van der Waals surface area contributed by atoms with E-state index in [2.05, 4.69) is 26.0 Å². The zero-order valence-electron chi connectivity index (χ0n) is 10.6. The second kappa shape index (κ2) is 6.21. The Balaban J connectivity index is 2.29. The number of halogens is 1. The van der Waals surface area contributed by atoms with E-state index < -0.39 is 10.0 Å². The van der Waals surface area contributed by atoms with Gasteiger partial charge in [0.05, 0.1) is 6.61 Å². The Bertz CT molecular complexity index is 542. The maximum atomic E-state index is 12.4. The zero-order valence-corrected chi connectivity index (χ0v) is 13.1. The predicted octanol–water partition coefficient (Wildman–Crippen LogP) is 1.49. The monoisotopic (exact) mass is 348 g/mol. The van der Waals surface area contributed by atoms with Crippen LogP contribution in [0, 0.1) is 0 Å². The van der Waals surface area contributed by atoms with Crippen molar-refractivity contribution in [2.24, 2.45) is 0 Å². The van der Waals surface area contributed by atoms with Crippen molar-refractivity contribution in [3.63, 3.8) is 0 Å². The lowest BCUT2D eigenvalue weighted by molar-refractivity contribution is 0.331. The quantitative estimate of drug-likeness (QED) is 0.845. The van der Waals surface area contributed by atoms with Crippen LogP contribution in [-0.4, -0.2) is 34.2 Å². The Morgan fingerprint density at radius 1 is 1.53 bits per heavy atom.